The molecule has 4 heterocycles. The highest BCUT2D eigenvalue weighted by Gasteiger charge is 2.15. The van der Waals surface area contributed by atoms with Crippen LogP contribution >= 0.6 is 0 Å². The van der Waals surface area contributed by atoms with Crippen molar-refractivity contribution in [3.05, 3.63) is 48.4 Å². The predicted molar refractivity (Wildman–Crippen MR) is 90.3 cm³/mol. The van der Waals surface area contributed by atoms with E-state index in [-0.39, 0.29) is 6.42 Å². The summed E-state index contributed by atoms with van der Waals surface area (Å²) >= 11 is 0. The van der Waals surface area contributed by atoms with Crippen LogP contribution < -0.4 is 5.73 Å². The van der Waals surface area contributed by atoms with Crippen LogP contribution in [0.25, 0.3) is 22.6 Å². The highest BCUT2D eigenvalue weighted by Crippen LogP contribution is 2.19. The Labute approximate surface area is 142 Å². The van der Waals surface area contributed by atoms with Gasteiger partial charge in [0.1, 0.15) is 11.3 Å². The summed E-state index contributed by atoms with van der Waals surface area (Å²) in [6.45, 7) is 0.577. The van der Waals surface area contributed by atoms with Gasteiger partial charge in [-0.15, -0.1) is 0 Å². The number of nitrogens with zero attached hydrogens (tertiary/aromatic N) is 5. The number of imidazole rings is 1. The minimum Gasteiger partial charge on any atom is -0.369 e. The van der Waals surface area contributed by atoms with Crippen molar-refractivity contribution in [2.75, 3.05) is 0 Å². The van der Waals surface area contributed by atoms with Crippen molar-refractivity contribution >= 4 is 16.9 Å². The Morgan fingerprint density at radius 3 is 2.92 bits per heavy atom. The number of fused-ring (bicyclic) bond motifs is 1. The first-order valence-electron chi connectivity index (χ1n) is 7.83. The Bertz CT molecular complexity index is 1010. The summed E-state index contributed by atoms with van der Waals surface area (Å²) in [4.78, 5) is 30.4. The van der Waals surface area contributed by atoms with Gasteiger partial charge in [0.2, 0.25) is 5.91 Å². The third-order valence-corrected chi connectivity index (χ3v) is 3.83. The topological polar surface area (TPSA) is 131 Å². The fourth-order valence-corrected chi connectivity index (χ4v) is 2.67. The number of carbonyl (C=O) groups is 1. The third-order valence-electron chi connectivity index (χ3n) is 3.83. The fraction of sp³-hybridized carbons (Fsp3) is 0.188. The summed E-state index contributed by atoms with van der Waals surface area (Å²) < 4.78 is 1.75. The number of rotatable bonds is 6. The van der Waals surface area contributed by atoms with Crippen LogP contribution in [0.2, 0.25) is 0 Å². The number of H-pyrrole nitrogens is 2. The summed E-state index contributed by atoms with van der Waals surface area (Å²) in [7, 11) is 0. The second-order valence-corrected chi connectivity index (χ2v) is 5.66. The smallest absolute Gasteiger partial charge is 0.225 e. The zero-order valence-corrected chi connectivity index (χ0v) is 13.3. The molecule has 0 spiro atoms. The van der Waals surface area contributed by atoms with E-state index < -0.39 is 5.91 Å². The quantitative estimate of drug-likeness (QED) is 0.479. The first-order chi connectivity index (χ1) is 12.2. The molecule has 126 valence electrons. The first kappa shape index (κ1) is 15.1. The number of hydrogen-bond donors (Lipinski definition) is 3. The molecule has 0 aliphatic heterocycles. The Morgan fingerprint density at radius 2 is 2.12 bits per heavy atom. The molecule has 25 heavy (non-hydrogen) atoms. The summed E-state index contributed by atoms with van der Waals surface area (Å²) in [6.07, 6.45) is 5.94. The molecule has 0 aliphatic rings. The van der Waals surface area contributed by atoms with E-state index in [1.54, 1.807) is 17.2 Å². The van der Waals surface area contributed by atoms with Crippen LogP contribution in [-0.2, 0) is 24.2 Å². The van der Waals surface area contributed by atoms with E-state index in [0.717, 1.165) is 16.7 Å². The Kier molecular flexibility index (Phi) is 3.73. The average Bonchev–Trinajstić information content (AvgIpc) is 3.32. The molecule has 0 saturated heterocycles. The van der Waals surface area contributed by atoms with Crippen molar-refractivity contribution in [3.8, 4) is 11.5 Å². The SMILES string of the molecule is NC(=O)Cc1nc(-c2ccc3cc[nH]c3n2)n(CCc2cnc[nH]2)n1. The highest BCUT2D eigenvalue weighted by molar-refractivity contribution is 5.78. The molecule has 0 radical (unpaired) electrons. The van der Waals surface area contributed by atoms with Gasteiger partial charge in [0, 0.05) is 36.4 Å². The largest absolute Gasteiger partial charge is 0.369 e. The molecule has 0 aromatic carbocycles. The highest BCUT2D eigenvalue weighted by atomic mass is 16.1. The monoisotopic (exact) mass is 336 g/mol. The molecular formula is C16H16N8O. The number of carbonyl (C=O) groups excluding carboxylic acids is 1. The van der Waals surface area contributed by atoms with E-state index in [1.165, 1.54) is 0 Å². The second kappa shape index (κ2) is 6.19. The number of hydrogen-bond acceptors (Lipinski definition) is 5. The maximum Gasteiger partial charge on any atom is 0.225 e. The van der Waals surface area contributed by atoms with Crippen molar-refractivity contribution in [2.24, 2.45) is 5.73 Å². The van der Waals surface area contributed by atoms with Crippen LogP contribution in [0.1, 0.15) is 11.5 Å². The summed E-state index contributed by atoms with van der Waals surface area (Å²) in [5.74, 6) is 0.526. The third kappa shape index (κ3) is 3.11. The fourth-order valence-electron chi connectivity index (χ4n) is 2.67. The average molecular weight is 336 g/mol. The van der Waals surface area contributed by atoms with E-state index in [1.807, 2.05) is 24.4 Å². The molecule has 1 amide bonds. The van der Waals surface area contributed by atoms with Crippen molar-refractivity contribution < 1.29 is 4.79 Å². The number of nitrogens with one attached hydrogen (secondary N) is 2. The van der Waals surface area contributed by atoms with Crippen molar-refractivity contribution in [3.63, 3.8) is 0 Å². The lowest BCUT2D eigenvalue weighted by Gasteiger charge is -2.05. The maximum atomic E-state index is 11.2. The molecular weight excluding hydrogens is 320 g/mol. The number of amides is 1. The predicted octanol–water partition coefficient (Wildman–Crippen LogP) is 0.815. The molecule has 4 rings (SSSR count). The zero-order chi connectivity index (χ0) is 17.2. The van der Waals surface area contributed by atoms with Crippen LogP contribution in [0, 0.1) is 0 Å². The van der Waals surface area contributed by atoms with Gasteiger partial charge >= 0.3 is 0 Å². The van der Waals surface area contributed by atoms with E-state index in [9.17, 15) is 4.79 Å². The Morgan fingerprint density at radius 1 is 1.20 bits per heavy atom. The molecule has 4 aromatic heterocycles. The van der Waals surface area contributed by atoms with E-state index in [0.29, 0.717) is 30.3 Å². The van der Waals surface area contributed by atoms with Gasteiger partial charge < -0.3 is 15.7 Å². The van der Waals surface area contributed by atoms with Crippen molar-refractivity contribution in [2.45, 2.75) is 19.4 Å². The van der Waals surface area contributed by atoms with Gasteiger partial charge in [0.15, 0.2) is 11.6 Å². The number of nitrogens with two attached hydrogens (primary N) is 1. The molecule has 0 unspecified atom stereocenters. The van der Waals surface area contributed by atoms with Gasteiger partial charge in [-0.2, -0.15) is 5.10 Å². The molecule has 4 aromatic rings. The van der Waals surface area contributed by atoms with Gasteiger partial charge in [-0.05, 0) is 18.2 Å². The lowest BCUT2D eigenvalue weighted by Crippen LogP contribution is -2.15. The number of pyridine rings is 1. The normalized spacial score (nSPS) is 11.2. The van der Waals surface area contributed by atoms with Crippen LogP contribution in [0.15, 0.2) is 36.9 Å². The number of aryl methyl sites for hydroxylation is 2. The standard InChI is InChI=1S/C16H16N8O/c17-13(25)7-14-22-16(12-2-1-10-3-5-19-15(10)21-12)24(23-14)6-4-11-8-18-9-20-11/h1-3,5,8-9H,4,6-7H2,(H2,17,25)(H,18,20)(H,19,21). The number of primary amides is 1. The summed E-state index contributed by atoms with van der Waals surface area (Å²) in [5.41, 5.74) is 7.72. The summed E-state index contributed by atoms with van der Waals surface area (Å²) in [5, 5.41) is 5.43. The molecule has 0 bridgehead atoms. The van der Waals surface area contributed by atoms with Crippen LogP contribution in [0.5, 0.6) is 0 Å². The summed E-state index contributed by atoms with van der Waals surface area (Å²) in [6, 6.07) is 5.81. The van der Waals surface area contributed by atoms with E-state index in [4.69, 9.17) is 5.73 Å². The lowest BCUT2D eigenvalue weighted by atomic mass is 10.2. The Hall–Kier alpha value is -3.49. The van der Waals surface area contributed by atoms with Gasteiger partial charge in [-0.25, -0.2) is 19.6 Å². The van der Waals surface area contributed by atoms with Crippen molar-refractivity contribution in [1.82, 2.24) is 34.7 Å². The van der Waals surface area contributed by atoms with Gasteiger partial charge in [-0.3, -0.25) is 4.79 Å². The van der Waals surface area contributed by atoms with E-state index >= 15 is 0 Å². The minimum atomic E-state index is -0.468. The Balaban J connectivity index is 1.70. The second-order valence-electron chi connectivity index (χ2n) is 5.66. The van der Waals surface area contributed by atoms with E-state index in [2.05, 4.69) is 30.0 Å². The maximum absolute atomic E-state index is 11.2. The minimum absolute atomic E-state index is 0.00515. The first-order valence-corrected chi connectivity index (χ1v) is 7.83. The molecule has 0 atom stereocenters. The molecule has 0 fully saturated rings. The molecule has 0 aliphatic carbocycles. The molecule has 9 heteroatoms. The number of aromatic amines is 2. The zero-order valence-electron chi connectivity index (χ0n) is 13.3. The lowest BCUT2D eigenvalue weighted by molar-refractivity contribution is -0.117. The van der Waals surface area contributed by atoms with Crippen molar-refractivity contribution in [1.29, 1.82) is 0 Å². The number of aromatic nitrogens is 7. The van der Waals surface area contributed by atoms with Crippen LogP contribution in [-0.4, -0.2) is 40.6 Å². The molecule has 9 nitrogen and oxygen atoms in total. The molecule has 0 saturated carbocycles. The van der Waals surface area contributed by atoms with Crippen LogP contribution in [0.4, 0.5) is 0 Å². The molecule has 4 N–H and O–H groups in total. The van der Waals surface area contributed by atoms with Gasteiger partial charge in [0.25, 0.3) is 0 Å². The van der Waals surface area contributed by atoms with Crippen LogP contribution in [0.3, 0.4) is 0 Å². The van der Waals surface area contributed by atoms with Gasteiger partial charge in [-0.1, -0.05) is 0 Å². The van der Waals surface area contributed by atoms with Gasteiger partial charge in [0.05, 0.1) is 12.7 Å².